The molecule has 0 saturated carbocycles. The van der Waals surface area contributed by atoms with Gasteiger partial charge >= 0.3 is 0 Å². The minimum atomic E-state index is -0.621. The van der Waals surface area contributed by atoms with Crippen LogP contribution in [0.5, 0.6) is 0 Å². The predicted molar refractivity (Wildman–Crippen MR) is 63.6 cm³/mol. The van der Waals surface area contributed by atoms with Crippen molar-refractivity contribution in [1.29, 1.82) is 0 Å². The van der Waals surface area contributed by atoms with Crippen LogP contribution >= 0.6 is 23.2 Å². The van der Waals surface area contributed by atoms with Gasteiger partial charge in [-0.05, 0) is 5.56 Å². The van der Waals surface area contributed by atoms with Gasteiger partial charge in [0.15, 0.2) is 5.15 Å². The molecule has 2 rings (SSSR count). The summed E-state index contributed by atoms with van der Waals surface area (Å²) >= 11 is 11.6. The van der Waals surface area contributed by atoms with Gasteiger partial charge in [0, 0.05) is 0 Å². The SMILES string of the molecule is O[C@@H](Cn1cnc(Cl)c1Cl)c1ccccc1. The van der Waals surface area contributed by atoms with Crippen LogP contribution < -0.4 is 0 Å². The van der Waals surface area contributed by atoms with Crippen molar-refractivity contribution >= 4 is 23.2 Å². The van der Waals surface area contributed by atoms with E-state index in [-0.39, 0.29) is 5.15 Å². The highest BCUT2D eigenvalue weighted by molar-refractivity contribution is 6.40. The van der Waals surface area contributed by atoms with E-state index >= 15 is 0 Å². The molecular formula is C11H10Cl2N2O. The zero-order valence-corrected chi connectivity index (χ0v) is 9.86. The van der Waals surface area contributed by atoms with Crippen molar-refractivity contribution in [1.82, 2.24) is 9.55 Å². The molecule has 0 spiro atoms. The lowest BCUT2D eigenvalue weighted by Crippen LogP contribution is -2.07. The maximum absolute atomic E-state index is 9.96. The summed E-state index contributed by atoms with van der Waals surface area (Å²) < 4.78 is 1.61. The molecule has 0 fully saturated rings. The van der Waals surface area contributed by atoms with Gasteiger partial charge in [0.1, 0.15) is 5.15 Å². The second kappa shape index (κ2) is 4.87. The largest absolute Gasteiger partial charge is 0.387 e. The average molecular weight is 257 g/mol. The van der Waals surface area contributed by atoms with Crippen LogP contribution in [0.4, 0.5) is 0 Å². The van der Waals surface area contributed by atoms with Crippen LogP contribution in [-0.2, 0) is 6.54 Å². The van der Waals surface area contributed by atoms with Crippen LogP contribution in [0, 0.1) is 0 Å². The molecule has 2 aromatic rings. The number of hydrogen-bond donors (Lipinski definition) is 1. The molecule has 0 aliphatic heterocycles. The van der Waals surface area contributed by atoms with E-state index in [1.165, 1.54) is 6.33 Å². The molecule has 16 heavy (non-hydrogen) atoms. The van der Waals surface area contributed by atoms with Gasteiger partial charge in [0.05, 0.1) is 19.0 Å². The number of halogens is 2. The van der Waals surface area contributed by atoms with Crippen LogP contribution in [0.25, 0.3) is 0 Å². The van der Waals surface area contributed by atoms with E-state index in [9.17, 15) is 5.11 Å². The molecule has 0 bridgehead atoms. The fourth-order valence-electron chi connectivity index (χ4n) is 1.44. The molecule has 84 valence electrons. The zero-order chi connectivity index (χ0) is 11.5. The van der Waals surface area contributed by atoms with Crippen molar-refractivity contribution in [3.63, 3.8) is 0 Å². The first kappa shape index (κ1) is 11.5. The summed E-state index contributed by atoms with van der Waals surface area (Å²) in [5.41, 5.74) is 0.836. The van der Waals surface area contributed by atoms with Gasteiger partial charge in [-0.1, -0.05) is 53.5 Å². The lowest BCUT2D eigenvalue weighted by Gasteiger charge is -2.12. The Morgan fingerprint density at radius 3 is 2.50 bits per heavy atom. The Hall–Kier alpha value is -1.03. The van der Waals surface area contributed by atoms with Crippen LogP contribution in [0.15, 0.2) is 36.7 Å². The Morgan fingerprint density at radius 2 is 1.94 bits per heavy atom. The normalized spacial score (nSPS) is 12.7. The van der Waals surface area contributed by atoms with Gasteiger partial charge in [-0.25, -0.2) is 4.98 Å². The molecule has 3 nitrogen and oxygen atoms in total. The van der Waals surface area contributed by atoms with Gasteiger partial charge in [-0.2, -0.15) is 0 Å². The molecular weight excluding hydrogens is 247 g/mol. The average Bonchev–Trinajstić information content (AvgIpc) is 2.62. The topological polar surface area (TPSA) is 38.0 Å². The smallest absolute Gasteiger partial charge is 0.166 e. The summed E-state index contributed by atoms with van der Waals surface area (Å²) in [6.45, 7) is 0.336. The molecule has 1 aromatic carbocycles. The van der Waals surface area contributed by atoms with E-state index in [0.29, 0.717) is 11.7 Å². The fraction of sp³-hybridized carbons (Fsp3) is 0.182. The van der Waals surface area contributed by atoms with Gasteiger partial charge in [-0.3, -0.25) is 0 Å². The van der Waals surface area contributed by atoms with Gasteiger partial charge in [0.2, 0.25) is 0 Å². The summed E-state index contributed by atoms with van der Waals surface area (Å²) in [5, 5.41) is 10.6. The van der Waals surface area contributed by atoms with E-state index < -0.39 is 6.10 Å². The van der Waals surface area contributed by atoms with Crippen molar-refractivity contribution in [2.45, 2.75) is 12.6 Å². The number of aliphatic hydroxyl groups is 1. The van der Waals surface area contributed by atoms with Gasteiger partial charge in [-0.15, -0.1) is 0 Å². The van der Waals surface area contributed by atoms with E-state index in [1.807, 2.05) is 30.3 Å². The molecule has 1 atom stereocenters. The van der Waals surface area contributed by atoms with E-state index in [1.54, 1.807) is 4.57 Å². The minimum absolute atomic E-state index is 0.252. The number of aromatic nitrogens is 2. The van der Waals surface area contributed by atoms with E-state index in [4.69, 9.17) is 23.2 Å². The molecule has 0 unspecified atom stereocenters. The molecule has 0 aliphatic rings. The summed E-state index contributed by atoms with van der Waals surface area (Å²) in [6.07, 6.45) is 0.889. The Balaban J connectivity index is 2.14. The van der Waals surface area contributed by atoms with Crippen LogP contribution in [0.2, 0.25) is 10.3 Å². The lowest BCUT2D eigenvalue weighted by molar-refractivity contribution is 0.156. The molecule has 1 N–H and O–H groups in total. The first-order valence-corrected chi connectivity index (χ1v) is 5.53. The highest BCUT2D eigenvalue weighted by atomic mass is 35.5. The van der Waals surface area contributed by atoms with Crippen molar-refractivity contribution < 1.29 is 5.11 Å². The quantitative estimate of drug-likeness (QED) is 0.917. The molecule has 1 heterocycles. The number of aliphatic hydroxyl groups excluding tert-OH is 1. The second-order valence-electron chi connectivity index (χ2n) is 3.41. The highest BCUT2D eigenvalue weighted by Crippen LogP contribution is 2.22. The van der Waals surface area contributed by atoms with Crippen LogP contribution in [0.1, 0.15) is 11.7 Å². The summed E-state index contributed by atoms with van der Waals surface area (Å²) in [6, 6.07) is 9.37. The molecule has 0 radical (unpaired) electrons. The van der Waals surface area contributed by atoms with E-state index in [0.717, 1.165) is 5.56 Å². The predicted octanol–water partition coefficient (Wildman–Crippen LogP) is 2.92. The third-order valence-electron chi connectivity index (χ3n) is 2.29. The Kier molecular flexibility index (Phi) is 3.49. The van der Waals surface area contributed by atoms with Crippen LogP contribution in [-0.4, -0.2) is 14.7 Å². The Morgan fingerprint density at radius 1 is 1.25 bits per heavy atom. The zero-order valence-electron chi connectivity index (χ0n) is 8.35. The number of benzene rings is 1. The Labute approximate surface area is 103 Å². The number of imidazole rings is 1. The maximum atomic E-state index is 9.96. The molecule has 5 heteroatoms. The first-order chi connectivity index (χ1) is 7.68. The standard InChI is InChI=1S/C11H10Cl2N2O/c12-10-11(13)15(7-14-10)6-9(16)8-4-2-1-3-5-8/h1-5,7,9,16H,6H2/t9-/m0/s1. The van der Waals surface area contributed by atoms with Crippen molar-refractivity contribution in [2.24, 2.45) is 0 Å². The minimum Gasteiger partial charge on any atom is -0.387 e. The van der Waals surface area contributed by atoms with Gasteiger partial charge in [0.25, 0.3) is 0 Å². The number of hydrogen-bond acceptors (Lipinski definition) is 2. The third kappa shape index (κ3) is 2.38. The summed E-state index contributed by atoms with van der Waals surface area (Å²) in [4.78, 5) is 3.85. The van der Waals surface area contributed by atoms with Crippen molar-refractivity contribution in [3.8, 4) is 0 Å². The second-order valence-corrected chi connectivity index (χ2v) is 4.12. The number of rotatable bonds is 3. The van der Waals surface area contributed by atoms with Crippen molar-refractivity contribution in [3.05, 3.63) is 52.5 Å². The lowest BCUT2D eigenvalue weighted by atomic mass is 10.1. The summed E-state index contributed by atoms with van der Waals surface area (Å²) in [7, 11) is 0. The molecule has 0 aliphatic carbocycles. The van der Waals surface area contributed by atoms with Crippen molar-refractivity contribution in [2.75, 3.05) is 0 Å². The number of nitrogens with zero attached hydrogens (tertiary/aromatic N) is 2. The molecule has 0 saturated heterocycles. The highest BCUT2D eigenvalue weighted by Gasteiger charge is 2.12. The fourth-order valence-corrected chi connectivity index (χ4v) is 1.75. The summed E-state index contributed by atoms with van der Waals surface area (Å²) in [5.74, 6) is 0. The van der Waals surface area contributed by atoms with Crippen LogP contribution in [0.3, 0.4) is 0 Å². The molecule has 1 aromatic heterocycles. The molecule has 0 amide bonds. The Bertz CT molecular complexity index is 470. The monoisotopic (exact) mass is 256 g/mol. The third-order valence-corrected chi connectivity index (χ3v) is 3.06. The first-order valence-electron chi connectivity index (χ1n) is 4.77. The van der Waals surface area contributed by atoms with E-state index in [2.05, 4.69) is 4.98 Å². The van der Waals surface area contributed by atoms with Gasteiger partial charge < -0.3 is 9.67 Å². The maximum Gasteiger partial charge on any atom is 0.166 e.